The van der Waals surface area contributed by atoms with Crippen molar-refractivity contribution in [3.05, 3.63) is 0 Å². The van der Waals surface area contributed by atoms with Crippen molar-refractivity contribution < 1.29 is 48.7 Å². The number of carbonyl (C=O) groups excluding carboxylic acids is 2. The second kappa shape index (κ2) is 15.0. The Morgan fingerprint density at radius 1 is 1.08 bits per heavy atom. The number of carbonyl (C=O) groups is 4. The summed E-state index contributed by atoms with van der Waals surface area (Å²) >= 11 is 0. The normalized spacial score (nSPS) is 15.4. The number of nitrogens with one attached hydrogen (secondary N) is 1. The molecule has 12 heteroatoms. The molecule has 0 aromatic heterocycles. The molecule has 0 amide bonds. The number of hydrogen-bond acceptors (Lipinski definition) is 10. The zero-order chi connectivity index (χ0) is 19.8. The Hall–Kier alpha value is -2.28. The molecular weight excluding hydrogens is 356 g/mol. The van der Waals surface area contributed by atoms with Crippen LogP contribution in [-0.4, -0.2) is 110 Å². The van der Waals surface area contributed by atoms with Gasteiger partial charge in [0.05, 0.1) is 32.8 Å². The van der Waals surface area contributed by atoms with Crippen molar-refractivity contribution in [1.82, 2.24) is 10.2 Å². The molecule has 1 fully saturated rings. The number of rotatable bonds is 9. The van der Waals surface area contributed by atoms with Crippen molar-refractivity contribution in [1.29, 1.82) is 0 Å². The van der Waals surface area contributed by atoms with Gasteiger partial charge in [-0.3, -0.25) is 19.3 Å². The summed E-state index contributed by atoms with van der Waals surface area (Å²) in [5.74, 6) is -2.88. The second-order valence-corrected chi connectivity index (χ2v) is 4.89. The Morgan fingerprint density at radius 3 is 2.12 bits per heavy atom. The number of hydrogen-bond donors (Lipinski definition) is 4. The molecule has 0 saturated carbocycles. The molecule has 1 aliphatic heterocycles. The number of nitrogens with zero attached hydrogens (tertiary/aromatic N) is 1. The fourth-order valence-electron chi connectivity index (χ4n) is 1.61. The van der Waals surface area contributed by atoms with Gasteiger partial charge in [-0.1, -0.05) is 0 Å². The second-order valence-electron chi connectivity index (χ2n) is 4.89. The fraction of sp³-hybridized carbons (Fsp3) is 0.714. The summed E-state index contributed by atoms with van der Waals surface area (Å²) < 4.78 is 14.4. The van der Waals surface area contributed by atoms with E-state index in [2.05, 4.69) is 5.32 Å². The van der Waals surface area contributed by atoms with Crippen molar-refractivity contribution in [3.8, 4) is 0 Å². The molecule has 1 aliphatic rings. The van der Waals surface area contributed by atoms with Gasteiger partial charge >= 0.3 is 23.9 Å². The van der Waals surface area contributed by atoms with Gasteiger partial charge in [-0.25, -0.2) is 4.79 Å². The molecule has 0 atom stereocenters. The van der Waals surface area contributed by atoms with Crippen molar-refractivity contribution in [2.75, 3.05) is 65.8 Å². The van der Waals surface area contributed by atoms with Gasteiger partial charge < -0.3 is 34.8 Å². The van der Waals surface area contributed by atoms with E-state index < -0.39 is 30.5 Å². The molecule has 0 aromatic carbocycles. The van der Waals surface area contributed by atoms with E-state index in [0.717, 1.165) is 0 Å². The van der Waals surface area contributed by atoms with E-state index in [1.807, 2.05) is 0 Å². The predicted octanol–water partition coefficient (Wildman–Crippen LogP) is -2.86. The molecular formula is C14H24N2O10. The maximum absolute atomic E-state index is 11.3. The van der Waals surface area contributed by atoms with Crippen LogP contribution in [0.2, 0.25) is 0 Å². The lowest BCUT2D eigenvalue weighted by molar-refractivity contribution is -0.148. The highest BCUT2D eigenvalue weighted by Crippen LogP contribution is 1.96. The third-order valence-electron chi connectivity index (χ3n) is 2.66. The molecule has 150 valence electrons. The first-order chi connectivity index (χ1) is 12.3. The van der Waals surface area contributed by atoms with Crippen molar-refractivity contribution >= 4 is 23.9 Å². The largest absolute Gasteiger partial charge is 0.480 e. The zero-order valence-electron chi connectivity index (χ0n) is 14.2. The molecule has 0 aromatic rings. The van der Waals surface area contributed by atoms with Crippen LogP contribution in [0.15, 0.2) is 0 Å². The van der Waals surface area contributed by atoms with Crippen LogP contribution in [0, 0.1) is 0 Å². The summed E-state index contributed by atoms with van der Waals surface area (Å²) in [6.45, 7) is 0.173. The average Bonchev–Trinajstić information content (AvgIpc) is 2.63. The molecule has 4 N–H and O–H groups in total. The molecule has 0 unspecified atom stereocenters. The molecule has 12 nitrogen and oxygen atoms in total. The minimum atomic E-state index is -1.07. The number of ether oxygens (including phenoxy) is 3. The van der Waals surface area contributed by atoms with E-state index in [1.165, 1.54) is 4.90 Å². The summed E-state index contributed by atoms with van der Waals surface area (Å²) in [5, 5.41) is 27.0. The van der Waals surface area contributed by atoms with Crippen molar-refractivity contribution in [2.45, 2.75) is 0 Å². The Balaban J connectivity index is 0.000000660. The summed E-state index contributed by atoms with van der Waals surface area (Å²) in [5.41, 5.74) is 0. The van der Waals surface area contributed by atoms with E-state index in [4.69, 9.17) is 29.5 Å². The number of carboxylic acid groups (broad SMARTS) is 2. The fourth-order valence-corrected chi connectivity index (χ4v) is 1.61. The summed E-state index contributed by atoms with van der Waals surface area (Å²) in [7, 11) is 0. The molecule has 26 heavy (non-hydrogen) atoms. The lowest BCUT2D eigenvalue weighted by Crippen LogP contribution is -2.37. The minimum Gasteiger partial charge on any atom is -0.480 e. The molecule has 1 heterocycles. The molecule has 0 spiro atoms. The lowest BCUT2D eigenvalue weighted by Gasteiger charge is -2.18. The number of esters is 2. The minimum absolute atomic E-state index is 0.0206. The summed E-state index contributed by atoms with van der Waals surface area (Å²) in [6, 6.07) is 0. The van der Waals surface area contributed by atoms with Gasteiger partial charge in [0.1, 0.15) is 19.8 Å². The van der Waals surface area contributed by atoms with Crippen LogP contribution in [0.4, 0.5) is 0 Å². The molecule has 1 saturated heterocycles. The van der Waals surface area contributed by atoms with Crippen LogP contribution >= 0.6 is 0 Å². The number of aliphatic hydroxyl groups is 1. The smallest absolute Gasteiger partial charge is 0.329 e. The van der Waals surface area contributed by atoms with Crippen LogP contribution in [0.1, 0.15) is 0 Å². The standard InChI is InChI=1S/C10H15NO7.C4H9NO3/c12-8(13)7-16-2-1-11-5-9(14)17-3-4-18-10(15)6-11;6-2-1-5-3-4(7)8/h1-7H2,(H,12,13);5-6H,1-3H2,(H,7,8). The predicted molar refractivity (Wildman–Crippen MR) is 84.4 cm³/mol. The van der Waals surface area contributed by atoms with Crippen molar-refractivity contribution in [2.24, 2.45) is 0 Å². The van der Waals surface area contributed by atoms with E-state index in [1.54, 1.807) is 0 Å². The first-order valence-electron chi connectivity index (χ1n) is 7.71. The maximum atomic E-state index is 11.3. The molecule has 0 radical (unpaired) electrons. The number of aliphatic hydroxyl groups excluding tert-OH is 1. The first kappa shape index (κ1) is 23.7. The topological polar surface area (TPSA) is 172 Å². The third kappa shape index (κ3) is 15.3. The van der Waals surface area contributed by atoms with Gasteiger partial charge in [0.15, 0.2) is 0 Å². The van der Waals surface area contributed by atoms with Gasteiger partial charge in [-0.15, -0.1) is 0 Å². The van der Waals surface area contributed by atoms with Gasteiger partial charge in [0, 0.05) is 13.1 Å². The van der Waals surface area contributed by atoms with Crippen LogP contribution < -0.4 is 5.32 Å². The van der Waals surface area contributed by atoms with Crippen LogP contribution in [0.5, 0.6) is 0 Å². The van der Waals surface area contributed by atoms with Gasteiger partial charge in [0.25, 0.3) is 0 Å². The average molecular weight is 380 g/mol. The molecule has 0 aliphatic carbocycles. The number of cyclic esters (lactones) is 2. The summed E-state index contributed by atoms with van der Waals surface area (Å²) in [6.07, 6.45) is 0. The van der Waals surface area contributed by atoms with Gasteiger partial charge in [-0.05, 0) is 0 Å². The van der Waals surface area contributed by atoms with E-state index in [9.17, 15) is 19.2 Å². The Labute approximate surface area is 149 Å². The maximum Gasteiger partial charge on any atom is 0.329 e. The Bertz CT molecular complexity index is 437. The Kier molecular flexibility index (Phi) is 13.7. The van der Waals surface area contributed by atoms with E-state index >= 15 is 0 Å². The molecule has 0 bridgehead atoms. The van der Waals surface area contributed by atoms with E-state index in [0.29, 0.717) is 6.54 Å². The van der Waals surface area contributed by atoms with Crippen LogP contribution in [0.25, 0.3) is 0 Å². The van der Waals surface area contributed by atoms with Gasteiger partial charge in [-0.2, -0.15) is 0 Å². The van der Waals surface area contributed by atoms with Crippen LogP contribution in [-0.2, 0) is 33.4 Å². The number of aliphatic carboxylic acids is 2. The third-order valence-corrected chi connectivity index (χ3v) is 2.66. The highest BCUT2D eigenvalue weighted by molar-refractivity contribution is 5.75. The van der Waals surface area contributed by atoms with Gasteiger partial charge in [0.2, 0.25) is 0 Å². The first-order valence-corrected chi connectivity index (χ1v) is 7.71. The highest BCUT2D eigenvalue weighted by Gasteiger charge is 2.18. The monoisotopic (exact) mass is 380 g/mol. The quantitative estimate of drug-likeness (QED) is 0.238. The zero-order valence-corrected chi connectivity index (χ0v) is 14.2. The number of carboxylic acids is 2. The SMILES string of the molecule is O=C(O)CNCCO.O=C(O)COCCN1CC(=O)OCCOC(=O)C1. The lowest BCUT2D eigenvalue weighted by atomic mass is 10.4. The van der Waals surface area contributed by atoms with Crippen molar-refractivity contribution in [3.63, 3.8) is 0 Å². The molecule has 1 rings (SSSR count). The highest BCUT2D eigenvalue weighted by atomic mass is 16.6. The Morgan fingerprint density at radius 2 is 1.65 bits per heavy atom. The van der Waals surface area contributed by atoms with E-state index in [-0.39, 0.29) is 52.6 Å². The summed E-state index contributed by atoms with van der Waals surface area (Å²) in [4.78, 5) is 44.0. The van der Waals surface area contributed by atoms with Crippen LogP contribution in [0.3, 0.4) is 0 Å².